The van der Waals surface area contributed by atoms with Crippen molar-refractivity contribution in [1.82, 2.24) is 0 Å². The van der Waals surface area contributed by atoms with E-state index in [4.69, 9.17) is 0 Å². The molecule has 1 aromatic carbocycles. The van der Waals surface area contributed by atoms with E-state index in [2.05, 4.69) is 14.8 Å². The van der Waals surface area contributed by atoms with Gasteiger partial charge in [0.2, 0.25) is 0 Å². The molecule has 1 aromatic rings. The van der Waals surface area contributed by atoms with Gasteiger partial charge in [0.25, 0.3) is 0 Å². The Morgan fingerprint density at radius 3 is 2.35 bits per heavy atom. The molecule has 0 fully saturated rings. The Morgan fingerprint density at radius 2 is 1.85 bits per heavy atom. The van der Waals surface area contributed by atoms with Crippen LogP contribution in [0, 0.1) is 11.6 Å². The minimum Gasteiger partial charge on any atom is -0.467 e. The van der Waals surface area contributed by atoms with E-state index in [1.165, 1.54) is 7.11 Å². The number of ether oxygens (including phenoxy) is 2. The molecule has 0 radical (unpaired) electrons. The maximum Gasteiger partial charge on any atom is 0.340 e. The van der Waals surface area contributed by atoms with Gasteiger partial charge in [-0.1, -0.05) is 6.92 Å². The highest BCUT2D eigenvalue weighted by molar-refractivity contribution is 5.91. The zero-order chi connectivity index (χ0) is 15.3. The van der Waals surface area contributed by atoms with Gasteiger partial charge in [-0.25, -0.2) is 18.4 Å². The van der Waals surface area contributed by atoms with Crippen molar-refractivity contribution in [2.75, 3.05) is 19.5 Å². The van der Waals surface area contributed by atoms with Crippen LogP contribution in [-0.4, -0.2) is 32.2 Å². The second kappa shape index (κ2) is 6.83. The van der Waals surface area contributed by atoms with Crippen molar-refractivity contribution in [3.8, 4) is 0 Å². The summed E-state index contributed by atoms with van der Waals surface area (Å²) in [4.78, 5) is 22.8. The van der Waals surface area contributed by atoms with Crippen LogP contribution >= 0.6 is 0 Å². The topological polar surface area (TPSA) is 64.6 Å². The Balaban J connectivity index is 3.11. The molecule has 1 N–H and O–H groups in total. The number of carbonyl (C=O) groups is 2. The van der Waals surface area contributed by atoms with E-state index >= 15 is 0 Å². The summed E-state index contributed by atoms with van der Waals surface area (Å²) in [6.07, 6.45) is 0.330. The van der Waals surface area contributed by atoms with Gasteiger partial charge >= 0.3 is 11.9 Å². The zero-order valence-electron chi connectivity index (χ0n) is 11.3. The second-order valence-corrected chi connectivity index (χ2v) is 3.93. The fraction of sp³-hybridized carbons (Fsp3) is 0.385. The average molecular weight is 287 g/mol. The smallest absolute Gasteiger partial charge is 0.340 e. The van der Waals surface area contributed by atoms with Gasteiger partial charge in [0, 0.05) is 6.07 Å². The highest BCUT2D eigenvalue weighted by atomic mass is 19.1. The molecule has 110 valence electrons. The first kappa shape index (κ1) is 15.9. The number of hydrogen-bond donors (Lipinski definition) is 1. The molecule has 0 aromatic heterocycles. The quantitative estimate of drug-likeness (QED) is 0.840. The first-order valence-corrected chi connectivity index (χ1v) is 5.86. The fourth-order valence-corrected chi connectivity index (χ4v) is 1.58. The van der Waals surface area contributed by atoms with E-state index in [-0.39, 0.29) is 5.69 Å². The van der Waals surface area contributed by atoms with Gasteiger partial charge in [-0.05, 0) is 12.5 Å². The summed E-state index contributed by atoms with van der Waals surface area (Å²) >= 11 is 0. The van der Waals surface area contributed by atoms with Crippen LogP contribution in [-0.2, 0) is 14.3 Å². The fourth-order valence-electron chi connectivity index (χ4n) is 1.58. The molecular formula is C13H15F2NO4. The molecule has 7 heteroatoms. The van der Waals surface area contributed by atoms with E-state index in [9.17, 15) is 18.4 Å². The standard InChI is InChI=1S/C13H15F2NO4/c1-4-10(13(18)20-3)16-11-5-7(12(17)19-2)8(14)6-9(11)15/h5-6,10,16H,4H2,1-3H3. The number of carbonyl (C=O) groups excluding carboxylic acids is 2. The Hall–Kier alpha value is -2.18. The van der Waals surface area contributed by atoms with Crippen LogP contribution in [0.25, 0.3) is 0 Å². The van der Waals surface area contributed by atoms with Crippen molar-refractivity contribution in [2.24, 2.45) is 0 Å². The van der Waals surface area contributed by atoms with Crippen LogP contribution in [0.4, 0.5) is 14.5 Å². The third-order valence-corrected chi connectivity index (χ3v) is 2.69. The lowest BCUT2D eigenvalue weighted by molar-refractivity contribution is -0.141. The third kappa shape index (κ3) is 3.43. The minimum absolute atomic E-state index is 0.177. The molecule has 1 unspecified atom stereocenters. The summed E-state index contributed by atoms with van der Waals surface area (Å²) in [6, 6.07) is 0.714. The van der Waals surface area contributed by atoms with Crippen molar-refractivity contribution < 1.29 is 27.8 Å². The molecule has 0 bridgehead atoms. The largest absolute Gasteiger partial charge is 0.467 e. The number of hydrogen-bond acceptors (Lipinski definition) is 5. The van der Waals surface area contributed by atoms with Crippen molar-refractivity contribution in [3.05, 3.63) is 29.3 Å². The maximum absolute atomic E-state index is 13.7. The lowest BCUT2D eigenvalue weighted by Gasteiger charge is -2.17. The number of anilines is 1. The predicted octanol–water partition coefficient (Wildman–Crippen LogP) is 2.11. The van der Waals surface area contributed by atoms with Crippen LogP contribution in [0.1, 0.15) is 23.7 Å². The Labute approximate surface area is 114 Å². The molecule has 0 saturated heterocycles. The molecule has 0 amide bonds. The maximum atomic E-state index is 13.7. The number of methoxy groups -OCH3 is 2. The van der Waals surface area contributed by atoms with Gasteiger partial charge in [-0.3, -0.25) is 0 Å². The first-order chi connectivity index (χ1) is 9.44. The van der Waals surface area contributed by atoms with E-state index in [0.29, 0.717) is 12.5 Å². The van der Waals surface area contributed by atoms with Crippen molar-refractivity contribution in [2.45, 2.75) is 19.4 Å². The summed E-state index contributed by atoms with van der Waals surface area (Å²) in [7, 11) is 2.29. The van der Waals surface area contributed by atoms with E-state index in [1.807, 2.05) is 0 Å². The summed E-state index contributed by atoms with van der Waals surface area (Å²) in [5.41, 5.74) is -0.597. The number of halogens is 2. The summed E-state index contributed by atoms with van der Waals surface area (Å²) in [5, 5.41) is 2.57. The number of rotatable bonds is 5. The number of nitrogens with one attached hydrogen (secondary N) is 1. The average Bonchev–Trinajstić information content (AvgIpc) is 2.44. The van der Waals surface area contributed by atoms with Crippen LogP contribution in [0.2, 0.25) is 0 Å². The van der Waals surface area contributed by atoms with Crippen molar-refractivity contribution in [3.63, 3.8) is 0 Å². The minimum atomic E-state index is -1.04. The molecular weight excluding hydrogens is 272 g/mol. The Bertz CT molecular complexity index is 519. The molecule has 1 rings (SSSR count). The lowest BCUT2D eigenvalue weighted by Crippen LogP contribution is -2.30. The van der Waals surface area contributed by atoms with Crippen LogP contribution in [0.5, 0.6) is 0 Å². The second-order valence-electron chi connectivity index (χ2n) is 3.93. The molecule has 0 aliphatic rings. The molecule has 0 spiro atoms. The molecule has 0 aliphatic carbocycles. The highest BCUT2D eigenvalue weighted by Gasteiger charge is 2.21. The molecule has 0 heterocycles. The molecule has 0 aliphatic heterocycles. The first-order valence-electron chi connectivity index (χ1n) is 5.86. The Morgan fingerprint density at radius 1 is 1.20 bits per heavy atom. The van der Waals surface area contributed by atoms with Gasteiger partial charge in [0.1, 0.15) is 17.7 Å². The third-order valence-electron chi connectivity index (χ3n) is 2.69. The summed E-state index contributed by atoms with van der Waals surface area (Å²) < 4.78 is 36.0. The SMILES string of the molecule is CCC(Nc1cc(C(=O)OC)c(F)cc1F)C(=O)OC. The van der Waals surface area contributed by atoms with E-state index < -0.39 is 35.2 Å². The Kier molecular flexibility index (Phi) is 5.42. The van der Waals surface area contributed by atoms with Gasteiger partial charge < -0.3 is 14.8 Å². The molecule has 20 heavy (non-hydrogen) atoms. The molecule has 1 atom stereocenters. The highest BCUT2D eigenvalue weighted by Crippen LogP contribution is 2.21. The molecule has 5 nitrogen and oxygen atoms in total. The van der Waals surface area contributed by atoms with Crippen LogP contribution < -0.4 is 5.32 Å². The van der Waals surface area contributed by atoms with Crippen molar-refractivity contribution >= 4 is 17.6 Å². The monoisotopic (exact) mass is 287 g/mol. The van der Waals surface area contributed by atoms with Crippen LogP contribution in [0.15, 0.2) is 12.1 Å². The van der Waals surface area contributed by atoms with E-state index in [1.54, 1.807) is 6.92 Å². The van der Waals surface area contributed by atoms with Crippen LogP contribution in [0.3, 0.4) is 0 Å². The van der Waals surface area contributed by atoms with Crippen molar-refractivity contribution in [1.29, 1.82) is 0 Å². The van der Waals surface area contributed by atoms with E-state index in [0.717, 1.165) is 13.2 Å². The van der Waals surface area contributed by atoms with Gasteiger partial charge in [0.05, 0.1) is 25.5 Å². The lowest BCUT2D eigenvalue weighted by atomic mass is 10.1. The predicted molar refractivity (Wildman–Crippen MR) is 67.4 cm³/mol. The zero-order valence-corrected chi connectivity index (χ0v) is 11.3. The number of benzene rings is 1. The number of esters is 2. The summed E-state index contributed by atoms with van der Waals surface area (Å²) in [5.74, 6) is -3.48. The summed E-state index contributed by atoms with van der Waals surface area (Å²) in [6.45, 7) is 1.69. The van der Waals surface area contributed by atoms with Gasteiger partial charge in [-0.15, -0.1) is 0 Å². The van der Waals surface area contributed by atoms with Gasteiger partial charge in [0.15, 0.2) is 0 Å². The van der Waals surface area contributed by atoms with Gasteiger partial charge in [-0.2, -0.15) is 0 Å². The molecule has 0 saturated carbocycles. The normalized spacial score (nSPS) is 11.7.